The van der Waals surface area contributed by atoms with Gasteiger partial charge in [-0.15, -0.1) is 6.42 Å². The second-order valence-electron chi connectivity index (χ2n) is 8.86. The summed E-state index contributed by atoms with van der Waals surface area (Å²) < 4.78 is 130. The van der Waals surface area contributed by atoms with Crippen LogP contribution in [0, 0.1) is 22.3 Å². The number of alkyl halides is 6. The highest BCUT2D eigenvalue weighted by atomic mass is 32.3. The quantitative estimate of drug-likeness (QED) is 0.296. The fourth-order valence-corrected chi connectivity index (χ4v) is 8.57. The Morgan fingerprint density at radius 3 is 1.62 bits per heavy atom. The topological polar surface area (TPSA) is 104 Å². The van der Waals surface area contributed by atoms with Crippen molar-refractivity contribution < 1.29 is 57.4 Å². The Kier molecular flexibility index (Phi) is 6.27. The van der Waals surface area contributed by atoms with Crippen molar-refractivity contribution >= 4 is 25.8 Å². The van der Waals surface area contributed by atoms with Gasteiger partial charge in [-0.25, -0.2) is 4.79 Å². The third-order valence-corrected chi connectivity index (χ3v) is 10.3. The number of hydrogen-bond donors (Lipinski definition) is 0. The minimum atomic E-state index is -6.88. The third-order valence-electron chi connectivity index (χ3n) is 6.24. The van der Waals surface area contributed by atoms with Gasteiger partial charge in [-0.1, -0.05) is 4.58 Å². The molecule has 0 saturated heterocycles. The van der Waals surface area contributed by atoms with Crippen LogP contribution < -0.4 is 0 Å². The molecular weight excluding hydrogens is 494 g/mol. The number of hydrogen-bond acceptors (Lipinski definition) is 7. The highest BCUT2D eigenvalue weighted by Gasteiger charge is 2.55. The molecule has 0 spiro atoms. The predicted molar refractivity (Wildman–Crippen MR) is 95.7 cm³/mol. The molecule has 4 saturated carbocycles. The Balaban J connectivity index is 1.73. The first-order chi connectivity index (χ1) is 14.4. The van der Waals surface area contributed by atoms with E-state index >= 15 is 0 Å². The van der Waals surface area contributed by atoms with Crippen molar-refractivity contribution in [3.05, 3.63) is 4.58 Å². The lowest BCUT2D eigenvalue weighted by Gasteiger charge is -2.55. The molecule has 4 aliphatic carbocycles. The maximum absolute atomic E-state index is 12.8. The molecule has 1 unspecified atom stereocenters. The van der Waals surface area contributed by atoms with Crippen molar-refractivity contribution in [1.82, 2.24) is 0 Å². The van der Waals surface area contributed by atoms with Gasteiger partial charge in [0.25, 0.3) is 0 Å². The lowest BCUT2D eigenvalue weighted by atomic mass is 9.54. The Hall–Kier alpha value is -1.25. The van der Waals surface area contributed by atoms with Crippen molar-refractivity contribution in [3.63, 3.8) is 0 Å². The van der Waals surface area contributed by atoms with Crippen LogP contribution in [0.2, 0.25) is 0 Å². The van der Waals surface area contributed by atoms with E-state index in [9.17, 15) is 48.0 Å². The average Bonchev–Trinajstić information content (AvgIpc) is 2.55. The van der Waals surface area contributed by atoms with Gasteiger partial charge >= 0.3 is 17.2 Å². The summed E-state index contributed by atoms with van der Waals surface area (Å²) in [6.07, 6.45) is -0.529. The van der Waals surface area contributed by atoms with E-state index in [1.165, 1.54) is 0 Å². The molecular formula is C17H21F6O7S2-. The van der Waals surface area contributed by atoms with Crippen LogP contribution in [0.5, 0.6) is 0 Å². The van der Waals surface area contributed by atoms with Crippen LogP contribution in [-0.2, 0) is 29.1 Å². The van der Waals surface area contributed by atoms with Gasteiger partial charge in [0, 0.05) is 0 Å². The molecule has 32 heavy (non-hydrogen) atoms. The van der Waals surface area contributed by atoms with Crippen LogP contribution in [-0.4, -0.2) is 45.7 Å². The zero-order valence-electron chi connectivity index (χ0n) is 16.7. The molecule has 0 aromatic heterocycles. The molecule has 4 aliphatic rings. The monoisotopic (exact) mass is 515 g/mol. The Bertz CT molecular complexity index is 876. The number of ether oxygens (including phenoxy) is 2. The zero-order valence-corrected chi connectivity index (χ0v) is 18.3. The van der Waals surface area contributed by atoms with Crippen LogP contribution >= 0.6 is 0 Å². The van der Waals surface area contributed by atoms with Gasteiger partial charge in [-0.05, 0) is 63.2 Å². The van der Waals surface area contributed by atoms with E-state index in [0.717, 1.165) is 26.2 Å². The van der Waals surface area contributed by atoms with Gasteiger partial charge in [0.15, 0.2) is 0 Å². The minimum absolute atomic E-state index is 0.347. The second-order valence-corrected chi connectivity index (χ2v) is 13.0. The van der Waals surface area contributed by atoms with E-state index in [2.05, 4.69) is 4.74 Å². The first kappa shape index (κ1) is 25.4. The summed E-state index contributed by atoms with van der Waals surface area (Å²) in [6.45, 7) is 0.777. The van der Waals surface area contributed by atoms with Crippen molar-refractivity contribution in [2.45, 2.75) is 74.6 Å². The molecule has 0 heterocycles. The van der Waals surface area contributed by atoms with Crippen molar-refractivity contribution in [3.8, 4) is 0 Å². The van der Waals surface area contributed by atoms with E-state index in [4.69, 9.17) is 4.74 Å². The van der Waals surface area contributed by atoms with Crippen molar-refractivity contribution in [2.75, 3.05) is 0 Å². The van der Waals surface area contributed by atoms with Crippen LogP contribution in [0.25, 0.3) is 0 Å². The largest absolute Gasteiger partial charge is 0.508 e. The molecule has 0 aromatic carbocycles. The summed E-state index contributed by atoms with van der Waals surface area (Å²) >= 11 is 0. The Morgan fingerprint density at radius 1 is 0.906 bits per heavy atom. The molecule has 4 rings (SSSR count). The summed E-state index contributed by atoms with van der Waals surface area (Å²) in [4.78, 5) is 12.2. The van der Waals surface area contributed by atoms with Gasteiger partial charge < -0.3 is 9.47 Å². The van der Waals surface area contributed by atoms with Crippen LogP contribution in [0.3, 0.4) is 0 Å². The molecule has 0 amide bonds. The molecule has 1 atom stereocenters. The molecule has 0 aliphatic heterocycles. The molecule has 0 radical (unpaired) electrons. The van der Waals surface area contributed by atoms with Crippen LogP contribution in [0.15, 0.2) is 0 Å². The lowest BCUT2D eigenvalue weighted by Crippen LogP contribution is -2.53. The predicted octanol–water partition coefficient (Wildman–Crippen LogP) is 4.25. The van der Waals surface area contributed by atoms with Crippen LogP contribution in [0.1, 0.15) is 51.9 Å². The van der Waals surface area contributed by atoms with Gasteiger partial charge in [-0.2, -0.15) is 26.3 Å². The second kappa shape index (κ2) is 7.91. The SMILES string of the molecule is CC(C[C-](S(=O)(=O)C(F)(F)F)S(=O)(=O)C(F)(F)F)OC(=O)OC12CC3CC(CC(C3)C1)C2. The van der Waals surface area contributed by atoms with Gasteiger partial charge in [0.2, 0.25) is 0 Å². The third kappa shape index (κ3) is 4.68. The smallest absolute Gasteiger partial charge is 0.434 e. The van der Waals surface area contributed by atoms with E-state index in [0.29, 0.717) is 37.0 Å². The van der Waals surface area contributed by atoms with E-state index < -0.39 is 59.6 Å². The number of carbonyl (C=O) groups is 1. The van der Waals surface area contributed by atoms with E-state index in [-0.39, 0.29) is 0 Å². The molecule has 15 heteroatoms. The maximum Gasteiger partial charge on any atom is 0.508 e. The number of rotatable bonds is 6. The molecule has 4 fully saturated rings. The zero-order chi connectivity index (χ0) is 24.3. The van der Waals surface area contributed by atoms with Crippen molar-refractivity contribution in [1.29, 1.82) is 0 Å². The standard InChI is InChI=1S/C17H21F6O7S2/c1-9(2-13(31(25,26)16(18,19)20)32(27,28)17(21,22)23)29-14(24)30-15-6-10-3-11(7-15)5-12(4-10)8-15/h9-12H,2-8H2,1H3/q-1. The van der Waals surface area contributed by atoms with E-state index in [1.807, 2.05) is 0 Å². The molecule has 7 nitrogen and oxygen atoms in total. The summed E-state index contributed by atoms with van der Waals surface area (Å²) in [5, 5.41) is 0. The summed E-state index contributed by atoms with van der Waals surface area (Å²) in [6, 6.07) is 0. The Morgan fingerprint density at radius 2 is 1.28 bits per heavy atom. The highest BCUT2D eigenvalue weighted by molar-refractivity contribution is 8.13. The number of carbonyl (C=O) groups excluding carboxylic acids is 1. The Labute approximate surface area is 180 Å². The van der Waals surface area contributed by atoms with E-state index in [1.54, 1.807) is 0 Å². The van der Waals surface area contributed by atoms with Gasteiger partial charge in [0.05, 0.1) is 6.10 Å². The minimum Gasteiger partial charge on any atom is -0.434 e. The molecule has 4 bridgehead atoms. The van der Waals surface area contributed by atoms with Crippen LogP contribution in [0.4, 0.5) is 31.1 Å². The highest BCUT2D eigenvalue weighted by Crippen LogP contribution is 2.57. The maximum atomic E-state index is 12.8. The molecule has 186 valence electrons. The lowest BCUT2D eigenvalue weighted by molar-refractivity contribution is -0.145. The summed E-state index contributed by atoms with van der Waals surface area (Å²) in [7, 11) is -13.8. The summed E-state index contributed by atoms with van der Waals surface area (Å²) in [5.41, 5.74) is -13.5. The summed E-state index contributed by atoms with van der Waals surface area (Å²) in [5.74, 6) is 1.04. The first-order valence-electron chi connectivity index (χ1n) is 9.74. The number of sulfone groups is 2. The average molecular weight is 515 g/mol. The first-order valence-corrected chi connectivity index (χ1v) is 12.7. The normalized spacial score (nSPS) is 31.6. The fourth-order valence-electron chi connectivity index (χ4n) is 5.42. The molecule has 0 aromatic rings. The van der Waals surface area contributed by atoms with Gasteiger partial charge in [0.1, 0.15) is 25.3 Å². The van der Waals surface area contributed by atoms with Gasteiger partial charge in [-0.3, -0.25) is 16.8 Å². The van der Waals surface area contributed by atoms with Crippen molar-refractivity contribution in [2.24, 2.45) is 17.8 Å². The molecule has 0 N–H and O–H groups in total. The number of halogens is 6. The fraction of sp³-hybridized carbons (Fsp3) is 0.882.